The maximum absolute atomic E-state index is 12.2. The fraction of sp³-hybridized carbons (Fsp3) is 0.293. The number of carbonyl (C=O) groups excluding carboxylic acids is 1. The van der Waals surface area contributed by atoms with Gasteiger partial charge in [-0.25, -0.2) is 9.78 Å². The summed E-state index contributed by atoms with van der Waals surface area (Å²) >= 11 is 12.7. The Morgan fingerprint density at radius 3 is 2.31 bits per heavy atom. The number of fused-ring (bicyclic) bond motifs is 1. The summed E-state index contributed by atoms with van der Waals surface area (Å²) in [5.41, 5.74) is 13.7. The molecule has 0 unspecified atom stereocenters. The molecule has 0 radical (unpaired) electrons. The first-order valence-corrected chi connectivity index (χ1v) is 18.5. The van der Waals surface area contributed by atoms with Gasteiger partial charge < -0.3 is 20.9 Å². The van der Waals surface area contributed by atoms with Gasteiger partial charge in [0.15, 0.2) is 0 Å². The molecule has 0 aliphatic carbocycles. The normalized spacial score (nSPS) is 14.5. The Hall–Kier alpha value is -4.85. The van der Waals surface area contributed by atoms with Crippen LogP contribution in [0.15, 0.2) is 91.1 Å². The summed E-state index contributed by atoms with van der Waals surface area (Å²) in [6.45, 7) is 8.27. The highest BCUT2D eigenvalue weighted by molar-refractivity contribution is 6.31. The highest BCUT2D eigenvalue weighted by Crippen LogP contribution is 2.32. The second-order valence-corrected chi connectivity index (χ2v) is 14.1. The zero-order valence-corrected chi connectivity index (χ0v) is 30.6. The van der Waals surface area contributed by atoms with E-state index in [-0.39, 0.29) is 0 Å². The molecule has 7 rings (SSSR count). The van der Waals surface area contributed by atoms with Crippen molar-refractivity contribution in [1.29, 1.82) is 0 Å². The van der Waals surface area contributed by atoms with Gasteiger partial charge in [0.05, 0.1) is 17.3 Å². The molecule has 2 amide bonds. The van der Waals surface area contributed by atoms with Crippen LogP contribution in [0.5, 0.6) is 0 Å². The van der Waals surface area contributed by atoms with Gasteiger partial charge in [-0.05, 0) is 66.1 Å². The summed E-state index contributed by atoms with van der Waals surface area (Å²) in [4.78, 5) is 23.3. The van der Waals surface area contributed by atoms with Crippen LogP contribution in [0.3, 0.4) is 0 Å². The van der Waals surface area contributed by atoms with Gasteiger partial charge in [0.1, 0.15) is 5.82 Å². The molecule has 2 aromatic heterocycles. The van der Waals surface area contributed by atoms with Crippen molar-refractivity contribution in [2.24, 2.45) is 5.73 Å². The topological polar surface area (TPSA) is 95.5 Å². The second kappa shape index (κ2) is 16.7. The molecule has 0 saturated carbocycles. The second-order valence-electron chi connectivity index (χ2n) is 13.2. The number of nitrogens with two attached hydrogens (primary N) is 1. The Balaban J connectivity index is 1.01. The maximum Gasteiger partial charge on any atom is 0.315 e. The maximum atomic E-state index is 12.2. The number of carbonyl (C=O) groups is 1. The first kappa shape index (κ1) is 35.5. The minimum Gasteiger partial charge on any atom is -0.354 e. The number of amides is 2. The van der Waals surface area contributed by atoms with Crippen molar-refractivity contribution in [3.8, 4) is 23.1 Å². The van der Waals surface area contributed by atoms with Gasteiger partial charge >= 0.3 is 6.03 Å². The number of benzene rings is 3. The van der Waals surface area contributed by atoms with Crippen molar-refractivity contribution in [2.45, 2.75) is 39.0 Å². The van der Waals surface area contributed by atoms with E-state index in [4.69, 9.17) is 34.0 Å². The van der Waals surface area contributed by atoms with Crippen LogP contribution < -0.4 is 16.0 Å². The molecule has 9 nitrogen and oxygen atoms in total. The van der Waals surface area contributed by atoms with Crippen molar-refractivity contribution in [2.75, 3.05) is 44.2 Å². The fourth-order valence-corrected chi connectivity index (χ4v) is 7.14. The number of piperazine rings is 1. The molecule has 4 heterocycles. The first-order valence-electron chi connectivity index (χ1n) is 17.8. The number of pyridine rings is 1. The quantitative estimate of drug-likeness (QED) is 0.157. The van der Waals surface area contributed by atoms with Crippen molar-refractivity contribution in [3.05, 3.63) is 135 Å². The summed E-state index contributed by atoms with van der Waals surface area (Å²) < 4.78 is 2.14. The molecule has 0 atom stereocenters. The highest BCUT2D eigenvalue weighted by Gasteiger charge is 2.27. The van der Waals surface area contributed by atoms with Crippen LogP contribution in [0.1, 0.15) is 39.9 Å². The van der Waals surface area contributed by atoms with Gasteiger partial charge in [0.25, 0.3) is 0 Å². The number of nitrogens with zero attached hydrogens (tertiary/aromatic N) is 6. The predicted molar refractivity (Wildman–Crippen MR) is 208 cm³/mol. The van der Waals surface area contributed by atoms with Gasteiger partial charge in [-0.3, -0.25) is 9.58 Å². The number of hydrogen-bond donors (Lipinski definition) is 2. The number of hydrogen-bond acceptors (Lipinski definition) is 6. The number of urea groups is 1. The van der Waals surface area contributed by atoms with E-state index in [0.717, 1.165) is 103 Å². The van der Waals surface area contributed by atoms with E-state index < -0.39 is 6.03 Å². The van der Waals surface area contributed by atoms with Gasteiger partial charge in [-0.1, -0.05) is 71.4 Å². The molecule has 52 heavy (non-hydrogen) atoms. The van der Waals surface area contributed by atoms with E-state index in [2.05, 4.69) is 54.8 Å². The number of anilines is 1. The fourth-order valence-electron chi connectivity index (χ4n) is 6.85. The Labute approximate surface area is 315 Å². The SMILES string of the molecule is NC(=O)N1CCc2c(c(-c3ccc(Cl)c(C#Cc4ccc(CNCc5ccc(Cl)cc5)cc4)c3)nn2CCCN2CCN(c3ccccn3)CC2)C1. The smallest absolute Gasteiger partial charge is 0.315 e. The van der Waals surface area contributed by atoms with Crippen LogP contribution in [0.25, 0.3) is 11.3 Å². The molecular weight excluding hydrogens is 691 g/mol. The number of nitrogens with one attached hydrogen (secondary N) is 1. The lowest BCUT2D eigenvalue weighted by Gasteiger charge is -2.35. The molecular formula is C41H42Cl2N8O. The largest absolute Gasteiger partial charge is 0.354 e. The standard InChI is InChI=1S/C41H42Cl2N8O/c42-35-14-10-32(11-15-35)28-45-27-31-7-5-30(6-8-31)9-12-33-26-34(13-16-37(33)43)40-36-29-50(41(44)52)21-17-38(36)51(47-40)20-3-19-48-22-24-49(25-23-48)39-4-1-2-18-46-39/h1-2,4-8,10-11,13-16,18,26,45H,3,17,19-25,27-29H2,(H2,44,52). The minimum absolute atomic E-state index is 0.416. The third kappa shape index (κ3) is 8.77. The summed E-state index contributed by atoms with van der Waals surface area (Å²) in [6.07, 6.45) is 3.54. The minimum atomic E-state index is -0.416. The third-order valence-corrected chi connectivity index (χ3v) is 10.3. The van der Waals surface area contributed by atoms with Crippen LogP contribution in [0.2, 0.25) is 10.0 Å². The Bertz CT molecular complexity index is 2050. The average molecular weight is 734 g/mol. The van der Waals surface area contributed by atoms with E-state index in [1.54, 1.807) is 4.90 Å². The van der Waals surface area contributed by atoms with Crippen LogP contribution in [0.4, 0.5) is 10.6 Å². The average Bonchev–Trinajstić information content (AvgIpc) is 3.54. The number of halogens is 2. The van der Waals surface area contributed by atoms with Crippen LogP contribution in [-0.4, -0.2) is 69.9 Å². The van der Waals surface area contributed by atoms with Crippen molar-refractivity contribution in [1.82, 2.24) is 29.9 Å². The highest BCUT2D eigenvalue weighted by atomic mass is 35.5. The lowest BCUT2D eigenvalue weighted by atomic mass is 9.99. The van der Waals surface area contributed by atoms with E-state index in [1.165, 1.54) is 11.1 Å². The zero-order chi connectivity index (χ0) is 35.9. The van der Waals surface area contributed by atoms with Crippen molar-refractivity contribution in [3.63, 3.8) is 0 Å². The van der Waals surface area contributed by atoms with E-state index in [9.17, 15) is 4.79 Å². The van der Waals surface area contributed by atoms with E-state index in [1.807, 2.05) is 72.9 Å². The molecule has 11 heteroatoms. The van der Waals surface area contributed by atoms with Crippen LogP contribution in [-0.2, 0) is 32.6 Å². The van der Waals surface area contributed by atoms with E-state index in [0.29, 0.717) is 24.5 Å². The zero-order valence-electron chi connectivity index (χ0n) is 29.1. The molecule has 266 valence electrons. The molecule has 3 aromatic carbocycles. The molecule has 1 saturated heterocycles. The van der Waals surface area contributed by atoms with Gasteiger partial charge in [0.2, 0.25) is 0 Å². The van der Waals surface area contributed by atoms with Gasteiger partial charge in [-0.15, -0.1) is 0 Å². The lowest BCUT2D eigenvalue weighted by molar-refractivity contribution is 0.201. The summed E-state index contributed by atoms with van der Waals surface area (Å²) in [5, 5.41) is 9.93. The molecule has 5 aromatic rings. The molecule has 2 aliphatic rings. The van der Waals surface area contributed by atoms with Gasteiger partial charge in [0, 0.05) is 104 Å². The summed E-state index contributed by atoms with van der Waals surface area (Å²) in [6, 6.07) is 27.6. The molecule has 0 spiro atoms. The Kier molecular flexibility index (Phi) is 11.4. The molecule has 0 bridgehead atoms. The Morgan fingerprint density at radius 2 is 1.60 bits per heavy atom. The number of aryl methyl sites for hydroxylation is 1. The molecule has 2 aliphatic heterocycles. The first-order chi connectivity index (χ1) is 25.4. The third-order valence-electron chi connectivity index (χ3n) is 9.74. The summed E-state index contributed by atoms with van der Waals surface area (Å²) in [7, 11) is 0. The summed E-state index contributed by atoms with van der Waals surface area (Å²) in [5.74, 6) is 7.61. The van der Waals surface area contributed by atoms with Gasteiger partial charge in [-0.2, -0.15) is 5.10 Å². The van der Waals surface area contributed by atoms with E-state index >= 15 is 0 Å². The van der Waals surface area contributed by atoms with Crippen LogP contribution >= 0.6 is 23.2 Å². The monoisotopic (exact) mass is 732 g/mol. The van der Waals surface area contributed by atoms with Crippen LogP contribution in [0, 0.1) is 11.8 Å². The predicted octanol–water partition coefficient (Wildman–Crippen LogP) is 6.59. The molecule has 3 N–H and O–H groups in total. The molecule has 1 fully saturated rings. The number of rotatable bonds is 10. The van der Waals surface area contributed by atoms with Crippen molar-refractivity contribution < 1.29 is 4.79 Å². The number of aromatic nitrogens is 3. The lowest BCUT2D eigenvalue weighted by Crippen LogP contribution is -2.47. The Morgan fingerprint density at radius 1 is 0.846 bits per heavy atom. The van der Waals surface area contributed by atoms with Crippen molar-refractivity contribution >= 4 is 35.1 Å². The number of primary amides is 1.